The first kappa shape index (κ1) is 18.8. The molecule has 2 aromatic carbocycles. The molecule has 1 aliphatic rings. The molecule has 2 amide bonds. The molecule has 0 bridgehead atoms. The van der Waals surface area contributed by atoms with Gasteiger partial charge in [-0.05, 0) is 37.1 Å². The van der Waals surface area contributed by atoms with Crippen LogP contribution < -0.4 is 5.32 Å². The third-order valence-corrected chi connectivity index (χ3v) is 4.55. The Labute approximate surface area is 156 Å². The Morgan fingerprint density at radius 2 is 1.59 bits per heavy atom. The summed E-state index contributed by atoms with van der Waals surface area (Å²) in [6.45, 7) is 0.879. The van der Waals surface area contributed by atoms with Crippen molar-refractivity contribution in [1.29, 1.82) is 0 Å². The van der Waals surface area contributed by atoms with Crippen molar-refractivity contribution in [1.82, 2.24) is 10.2 Å². The van der Waals surface area contributed by atoms with E-state index in [2.05, 4.69) is 5.32 Å². The summed E-state index contributed by atoms with van der Waals surface area (Å²) in [6, 6.07) is 12.0. The molecule has 1 aliphatic heterocycles. The maximum Gasteiger partial charge on any atom is 0.256 e. The molecule has 4 nitrogen and oxygen atoms in total. The maximum absolute atomic E-state index is 13.8. The van der Waals surface area contributed by atoms with E-state index in [9.17, 15) is 18.4 Å². The van der Waals surface area contributed by atoms with E-state index in [0.29, 0.717) is 31.5 Å². The molecule has 27 heavy (non-hydrogen) atoms. The number of amides is 2. The van der Waals surface area contributed by atoms with Gasteiger partial charge < -0.3 is 10.2 Å². The van der Waals surface area contributed by atoms with Gasteiger partial charge in [-0.15, -0.1) is 0 Å². The summed E-state index contributed by atoms with van der Waals surface area (Å²) in [6.07, 6.45) is 3.90. The summed E-state index contributed by atoms with van der Waals surface area (Å²) in [4.78, 5) is 26.0. The van der Waals surface area contributed by atoms with Crippen LogP contribution in [-0.4, -0.2) is 35.8 Å². The Hall–Kier alpha value is -3.02. The van der Waals surface area contributed by atoms with Gasteiger partial charge in [0.15, 0.2) is 0 Å². The Bertz CT molecular complexity index is 859. The second kappa shape index (κ2) is 8.58. The lowest BCUT2D eigenvalue weighted by Gasteiger charge is -2.32. The van der Waals surface area contributed by atoms with Crippen LogP contribution in [0.5, 0.6) is 0 Å². The van der Waals surface area contributed by atoms with Crippen LogP contribution >= 0.6 is 0 Å². The van der Waals surface area contributed by atoms with E-state index in [1.165, 1.54) is 30.4 Å². The van der Waals surface area contributed by atoms with Gasteiger partial charge in [0.2, 0.25) is 5.91 Å². The largest absolute Gasteiger partial charge is 0.350 e. The molecule has 1 fully saturated rings. The van der Waals surface area contributed by atoms with E-state index < -0.39 is 5.82 Å². The third kappa shape index (κ3) is 4.78. The fraction of sp³-hybridized carbons (Fsp3) is 0.238. The average Bonchev–Trinajstić information content (AvgIpc) is 2.68. The maximum atomic E-state index is 13.8. The highest BCUT2D eigenvalue weighted by molar-refractivity contribution is 5.94. The van der Waals surface area contributed by atoms with E-state index in [-0.39, 0.29) is 29.2 Å². The summed E-state index contributed by atoms with van der Waals surface area (Å²) in [5, 5.41) is 2.86. The molecule has 0 aliphatic carbocycles. The fourth-order valence-corrected chi connectivity index (χ4v) is 3.06. The number of halogens is 2. The number of carbonyl (C=O) groups is 2. The van der Waals surface area contributed by atoms with Crippen molar-refractivity contribution in [3.63, 3.8) is 0 Å². The standard InChI is InChI=1S/C21H20F2N2O2/c22-18-7-3-1-5-15(18)9-10-20(26)24-16-11-13-25(14-12-16)21(27)17-6-2-4-8-19(17)23/h1-10,16H,11-14H2,(H,24,26)/b10-9+. The number of nitrogens with one attached hydrogen (secondary N) is 1. The smallest absolute Gasteiger partial charge is 0.256 e. The number of hydrogen-bond donors (Lipinski definition) is 1. The van der Waals surface area contributed by atoms with Gasteiger partial charge in [0.05, 0.1) is 5.56 Å². The zero-order valence-electron chi connectivity index (χ0n) is 14.7. The Morgan fingerprint density at radius 1 is 0.963 bits per heavy atom. The van der Waals surface area contributed by atoms with Gasteiger partial charge in [0, 0.05) is 30.8 Å². The highest BCUT2D eigenvalue weighted by Gasteiger charge is 2.25. The Kier molecular flexibility index (Phi) is 5.96. The Balaban J connectivity index is 1.51. The molecule has 3 rings (SSSR count). The molecule has 1 N–H and O–H groups in total. The molecule has 0 atom stereocenters. The summed E-state index contributed by atoms with van der Waals surface area (Å²) in [5.41, 5.74) is 0.408. The summed E-state index contributed by atoms with van der Waals surface area (Å²) >= 11 is 0. The van der Waals surface area contributed by atoms with Gasteiger partial charge in [-0.3, -0.25) is 9.59 Å². The van der Waals surface area contributed by atoms with Crippen molar-refractivity contribution in [2.75, 3.05) is 13.1 Å². The minimum absolute atomic E-state index is 0.0628. The van der Waals surface area contributed by atoms with E-state index in [0.717, 1.165) is 0 Å². The van der Waals surface area contributed by atoms with Crippen molar-refractivity contribution in [3.8, 4) is 0 Å². The summed E-state index contributed by atoms with van der Waals surface area (Å²) < 4.78 is 27.3. The number of piperidine rings is 1. The van der Waals surface area contributed by atoms with Gasteiger partial charge in [-0.1, -0.05) is 30.3 Å². The molecule has 6 heteroatoms. The van der Waals surface area contributed by atoms with Crippen molar-refractivity contribution >= 4 is 17.9 Å². The summed E-state index contributed by atoms with van der Waals surface area (Å²) in [7, 11) is 0. The quantitative estimate of drug-likeness (QED) is 0.839. The number of hydrogen-bond acceptors (Lipinski definition) is 2. The highest BCUT2D eigenvalue weighted by Crippen LogP contribution is 2.16. The number of carbonyl (C=O) groups excluding carboxylic acids is 2. The first-order valence-electron chi connectivity index (χ1n) is 8.81. The number of rotatable bonds is 4. The van der Waals surface area contributed by atoms with Crippen molar-refractivity contribution in [2.45, 2.75) is 18.9 Å². The number of benzene rings is 2. The second-order valence-electron chi connectivity index (χ2n) is 6.41. The monoisotopic (exact) mass is 370 g/mol. The van der Waals surface area contributed by atoms with Gasteiger partial charge >= 0.3 is 0 Å². The molecule has 0 aromatic heterocycles. The van der Waals surface area contributed by atoms with Gasteiger partial charge in [0.25, 0.3) is 5.91 Å². The first-order chi connectivity index (χ1) is 13.0. The number of nitrogens with zero attached hydrogens (tertiary/aromatic N) is 1. The van der Waals surface area contributed by atoms with Crippen molar-refractivity contribution < 1.29 is 18.4 Å². The molecular weight excluding hydrogens is 350 g/mol. The minimum Gasteiger partial charge on any atom is -0.350 e. The zero-order chi connectivity index (χ0) is 19.2. The van der Waals surface area contributed by atoms with Crippen LogP contribution in [0.3, 0.4) is 0 Å². The lowest BCUT2D eigenvalue weighted by atomic mass is 10.0. The van der Waals surface area contributed by atoms with E-state index in [4.69, 9.17) is 0 Å². The van der Waals surface area contributed by atoms with Gasteiger partial charge in [-0.2, -0.15) is 0 Å². The molecule has 2 aromatic rings. The number of likely N-dealkylation sites (tertiary alicyclic amines) is 1. The van der Waals surface area contributed by atoms with Gasteiger partial charge in [0.1, 0.15) is 11.6 Å². The van der Waals surface area contributed by atoms with Crippen molar-refractivity contribution in [2.24, 2.45) is 0 Å². The van der Waals surface area contributed by atoms with Crippen LogP contribution in [0.15, 0.2) is 54.6 Å². The van der Waals surface area contributed by atoms with E-state index in [1.807, 2.05) is 0 Å². The lowest BCUT2D eigenvalue weighted by molar-refractivity contribution is -0.117. The van der Waals surface area contributed by atoms with E-state index in [1.54, 1.807) is 35.2 Å². The third-order valence-electron chi connectivity index (χ3n) is 4.55. The molecule has 1 saturated heterocycles. The van der Waals surface area contributed by atoms with Crippen LogP contribution in [0.25, 0.3) is 6.08 Å². The summed E-state index contributed by atoms with van der Waals surface area (Å²) in [5.74, 6) is -1.56. The second-order valence-corrected chi connectivity index (χ2v) is 6.41. The van der Waals surface area contributed by atoms with Crippen LogP contribution in [-0.2, 0) is 4.79 Å². The molecule has 1 heterocycles. The molecule has 0 radical (unpaired) electrons. The normalized spacial score (nSPS) is 15.1. The topological polar surface area (TPSA) is 49.4 Å². The Morgan fingerprint density at radius 3 is 2.26 bits per heavy atom. The van der Waals surface area contributed by atoms with Crippen LogP contribution in [0.4, 0.5) is 8.78 Å². The molecule has 140 valence electrons. The van der Waals surface area contributed by atoms with E-state index >= 15 is 0 Å². The molecular formula is C21H20F2N2O2. The molecule has 0 saturated carbocycles. The predicted octanol–water partition coefficient (Wildman–Crippen LogP) is 3.40. The van der Waals surface area contributed by atoms with Crippen LogP contribution in [0.1, 0.15) is 28.8 Å². The fourth-order valence-electron chi connectivity index (χ4n) is 3.06. The van der Waals surface area contributed by atoms with Crippen LogP contribution in [0.2, 0.25) is 0 Å². The van der Waals surface area contributed by atoms with Gasteiger partial charge in [-0.25, -0.2) is 8.78 Å². The van der Waals surface area contributed by atoms with Crippen LogP contribution in [0, 0.1) is 11.6 Å². The van der Waals surface area contributed by atoms with Crippen molar-refractivity contribution in [3.05, 3.63) is 77.4 Å². The zero-order valence-corrected chi connectivity index (χ0v) is 14.7. The lowest BCUT2D eigenvalue weighted by Crippen LogP contribution is -2.46. The predicted molar refractivity (Wildman–Crippen MR) is 98.9 cm³/mol. The SMILES string of the molecule is O=C(/C=C/c1ccccc1F)NC1CCN(C(=O)c2ccccc2F)CC1. The highest BCUT2D eigenvalue weighted by atomic mass is 19.1. The average molecular weight is 370 g/mol. The molecule has 0 spiro atoms. The minimum atomic E-state index is -0.531. The molecule has 0 unspecified atom stereocenters. The first-order valence-corrected chi connectivity index (χ1v) is 8.81.